The second-order valence-corrected chi connectivity index (χ2v) is 5.74. The van der Waals surface area contributed by atoms with Crippen LogP contribution in [0, 0.1) is 5.82 Å². The zero-order valence-corrected chi connectivity index (χ0v) is 13.8. The summed E-state index contributed by atoms with van der Waals surface area (Å²) in [6, 6.07) is 6.21. The zero-order valence-electron chi connectivity index (χ0n) is 13.8. The van der Waals surface area contributed by atoms with Crippen LogP contribution in [0.25, 0.3) is 5.69 Å². The summed E-state index contributed by atoms with van der Waals surface area (Å²) in [5, 5.41) is 10.1. The quantitative estimate of drug-likeness (QED) is 0.852. The molecular weight excluding hydrogens is 297 g/mol. The van der Waals surface area contributed by atoms with Gasteiger partial charge in [0.25, 0.3) is 5.91 Å². The second-order valence-electron chi connectivity index (χ2n) is 5.74. The average Bonchev–Trinajstić information content (AvgIpc) is 2.97. The number of amides is 1. The Morgan fingerprint density at radius 2 is 2.09 bits per heavy atom. The Labute approximate surface area is 135 Å². The fourth-order valence-electron chi connectivity index (χ4n) is 2.02. The summed E-state index contributed by atoms with van der Waals surface area (Å²) < 4.78 is 15.0. The zero-order chi connectivity index (χ0) is 17.0. The van der Waals surface area contributed by atoms with Crippen molar-refractivity contribution in [3.8, 4) is 5.69 Å². The molecule has 0 aliphatic rings. The molecule has 124 valence electrons. The minimum atomic E-state index is -0.360. The molecule has 0 saturated carbocycles. The molecule has 0 radical (unpaired) electrons. The predicted octanol–water partition coefficient (Wildman–Crippen LogP) is 1.87. The van der Waals surface area contributed by atoms with E-state index in [1.54, 1.807) is 12.1 Å². The molecule has 1 unspecified atom stereocenters. The molecule has 0 fully saturated rings. The summed E-state index contributed by atoms with van der Waals surface area (Å²) in [6.07, 6.45) is 0. The van der Waals surface area contributed by atoms with Crippen molar-refractivity contribution in [3.63, 3.8) is 0 Å². The van der Waals surface area contributed by atoms with E-state index < -0.39 is 0 Å². The lowest BCUT2D eigenvalue weighted by Gasteiger charge is -2.09. The Morgan fingerprint density at radius 3 is 2.70 bits per heavy atom. The van der Waals surface area contributed by atoms with Gasteiger partial charge in [0.2, 0.25) is 5.82 Å². The molecular formula is C16H22FN5O. The maximum absolute atomic E-state index is 13.5. The first kappa shape index (κ1) is 17.1. The normalized spacial score (nSPS) is 12.4. The maximum Gasteiger partial charge on any atom is 0.291 e. The van der Waals surface area contributed by atoms with Crippen molar-refractivity contribution in [2.24, 2.45) is 0 Å². The van der Waals surface area contributed by atoms with E-state index in [1.165, 1.54) is 16.8 Å². The number of benzene rings is 1. The van der Waals surface area contributed by atoms with E-state index in [-0.39, 0.29) is 29.5 Å². The highest BCUT2D eigenvalue weighted by Gasteiger charge is 2.19. The third-order valence-electron chi connectivity index (χ3n) is 3.47. The number of hydrogen-bond acceptors (Lipinski definition) is 4. The molecule has 1 amide bonds. The lowest BCUT2D eigenvalue weighted by atomic mass is 10.2. The number of likely N-dealkylation sites (N-methyl/N-ethyl adjacent to an activating group) is 1. The molecule has 1 heterocycles. The van der Waals surface area contributed by atoms with E-state index in [0.29, 0.717) is 18.1 Å². The topological polar surface area (TPSA) is 71.8 Å². The lowest BCUT2D eigenvalue weighted by molar-refractivity contribution is 0.0940. The van der Waals surface area contributed by atoms with Crippen molar-refractivity contribution in [3.05, 3.63) is 41.7 Å². The molecule has 1 aromatic heterocycles. The third kappa shape index (κ3) is 4.13. The Hall–Kier alpha value is -2.28. The second kappa shape index (κ2) is 7.32. The van der Waals surface area contributed by atoms with E-state index in [1.807, 2.05) is 27.8 Å². The van der Waals surface area contributed by atoms with Crippen LogP contribution in [0.2, 0.25) is 0 Å². The smallest absolute Gasteiger partial charge is 0.291 e. The summed E-state index contributed by atoms with van der Waals surface area (Å²) >= 11 is 0. The Kier molecular flexibility index (Phi) is 5.44. The number of nitrogens with one attached hydrogen (secondary N) is 2. The van der Waals surface area contributed by atoms with Crippen LogP contribution in [0.1, 0.15) is 43.1 Å². The summed E-state index contributed by atoms with van der Waals surface area (Å²) in [4.78, 5) is 16.5. The molecule has 0 aliphatic heterocycles. The molecule has 2 N–H and O–H groups in total. The third-order valence-corrected chi connectivity index (χ3v) is 3.47. The van der Waals surface area contributed by atoms with Crippen molar-refractivity contribution in [1.29, 1.82) is 0 Å². The Balaban J connectivity index is 2.30. The minimum Gasteiger partial charge on any atom is -0.348 e. The van der Waals surface area contributed by atoms with Crippen LogP contribution in [0.15, 0.2) is 24.3 Å². The number of halogens is 1. The summed E-state index contributed by atoms with van der Waals surface area (Å²) in [7, 11) is 1.82. The molecule has 6 nitrogen and oxygen atoms in total. The number of aromatic nitrogens is 3. The number of nitrogens with zero attached hydrogens (tertiary/aromatic N) is 3. The molecule has 1 atom stereocenters. The lowest BCUT2D eigenvalue weighted by Crippen LogP contribution is -2.37. The van der Waals surface area contributed by atoms with Gasteiger partial charge in [-0.15, -0.1) is 5.10 Å². The largest absolute Gasteiger partial charge is 0.348 e. The fraction of sp³-hybridized carbons (Fsp3) is 0.438. The molecule has 23 heavy (non-hydrogen) atoms. The van der Waals surface area contributed by atoms with Gasteiger partial charge in [-0.1, -0.05) is 19.9 Å². The SMILES string of the molecule is CNC(C)CNC(=O)c1nc(C(C)C)n(-c2cccc(F)c2)n1. The molecule has 0 saturated heterocycles. The van der Waals surface area contributed by atoms with Gasteiger partial charge in [0.05, 0.1) is 5.69 Å². The average molecular weight is 319 g/mol. The van der Waals surface area contributed by atoms with E-state index in [4.69, 9.17) is 0 Å². The minimum absolute atomic E-state index is 0.0450. The standard InChI is InChI=1S/C16H22FN5O/c1-10(2)15-20-14(16(23)19-9-11(3)18-4)21-22(15)13-7-5-6-12(17)8-13/h5-8,10-11,18H,9H2,1-4H3,(H,19,23). The van der Waals surface area contributed by atoms with Gasteiger partial charge in [0.15, 0.2) is 0 Å². The van der Waals surface area contributed by atoms with Gasteiger partial charge < -0.3 is 10.6 Å². The van der Waals surface area contributed by atoms with Crippen molar-refractivity contribution >= 4 is 5.91 Å². The van der Waals surface area contributed by atoms with Crippen LogP contribution < -0.4 is 10.6 Å². The van der Waals surface area contributed by atoms with E-state index >= 15 is 0 Å². The van der Waals surface area contributed by atoms with Crippen molar-refractivity contribution in [1.82, 2.24) is 25.4 Å². The number of carbonyl (C=O) groups excluding carboxylic acids is 1. The van der Waals surface area contributed by atoms with Crippen LogP contribution in [-0.2, 0) is 0 Å². The highest BCUT2D eigenvalue weighted by atomic mass is 19.1. The van der Waals surface area contributed by atoms with Crippen LogP contribution in [-0.4, -0.2) is 40.3 Å². The summed E-state index contributed by atoms with van der Waals surface area (Å²) in [6.45, 7) is 6.33. The van der Waals surface area contributed by atoms with Crippen molar-refractivity contribution < 1.29 is 9.18 Å². The van der Waals surface area contributed by atoms with Crippen molar-refractivity contribution in [2.75, 3.05) is 13.6 Å². The molecule has 2 aromatic rings. The first-order chi connectivity index (χ1) is 10.9. The number of carbonyl (C=O) groups is 1. The molecule has 0 aliphatic carbocycles. The van der Waals surface area contributed by atoms with Crippen LogP contribution in [0.5, 0.6) is 0 Å². The van der Waals surface area contributed by atoms with Gasteiger partial charge in [-0.05, 0) is 32.2 Å². The highest BCUT2D eigenvalue weighted by Crippen LogP contribution is 2.18. The molecule has 2 rings (SSSR count). The maximum atomic E-state index is 13.5. The Bertz CT molecular complexity index is 683. The van der Waals surface area contributed by atoms with Crippen LogP contribution >= 0.6 is 0 Å². The summed E-state index contributed by atoms with van der Waals surface area (Å²) in [5.41, 5.74) is 0.545. The van der Waals surface area contributed by atoms with Gasteiger partial charge in [-0.3, -0.25) is 4.79 Å². The monoisotopic (exact) mass is 319 g/mol. The first-order valence-electron chi connectivity index (χ1n) is 7.60. The summed E-state index contributed by atoms with van der Waals surface area (Å²) in [5.74, 6) is 0.0398. The predicted molar refractivity (Wildman–Crippen MR) is 86.3 cm³/mol. The first-order valence-corrected chi connectivity index (χ1v) is 7.60. The van der Waals surface area contributed by atoms with Crippen molar-refractivity contribution in [2.45, 2.75) is 32.7 Å². The van der Waals surface area contributed by atoms with E-state index in [2.05, 4.69) is 20.7 Å². The van der Waals surface area contributed by atoms with Gasteiger partial charge in [-0.2, -0.15) is 0 Å². The van der Waals surface area contributed by atoms with Gasteiger partial charge in [0.1, 0.15) is 11.6 Å². The molecule has 7 heteroatoms. The molecule has 0 spiro atoms. The fourth-order valence-corrected chi connectivity index (χ4v) is 2.02. The highest BCUT2D eigenvalue weighted by molar-refractivity contribution is 5.90. The van der Waals surface area contributed by atoms with Crippen LogP contribution in [0.3, 0.4) is 0 Å². The molecule has 1 aromatic carbocycles. The Morgan fingerprint density at radius 1 is 1.35 bits per heavy atom. The van der Waals surface area contributed by atoms with Gasteiger partial charge >= 0.3 is 0 Å². The number of rotatable bonds is 6. The van der Waals surface area contributed by atoms with Gasteiger partial charge in [0, 0.05) is 18.5 Å². The van der Waals surface area contributed by atoms with E-state index in [9.17, 15) is 9.18 Å². The van der Waals surface area contributed by atoms with Crippen LogP contribution in [0.4, 0.5) is 4.39 Å². The number of hydrogen-bond donors (Lipinski definition) is 2. The molecule has 0 bridgehead atoms. The van der Waals surface area contributed by atoms with Gasteiger partial charge in [-0.25, -0.2) is 14.1 Å². The van der Waals surface area contributed by atoms with E-state index in [0.717, 1.165) is 0 Å².